The minimum Gasteiger partial charge on any atom is -0.305 e. The number of nitrogens with zero attached hydrogens (tertiary/aromatic N) is 4. The minimum atomic E-state index is -0.884. The predicted molar refractivity (Wildman–Crippen MR) is 279 cm³/mol. The summed E-state index contributed by atoms with van der Waals surface area (Å²) in [5.74, 6) is -1.77. The van der Waals surface area contributed by atoms with E-state index in [4.69, 9.17) is 4.98 Å². The molecule has 10 aromatic rings. The molecule has 0 atom stereocenters. The number of pyridine rings is 3. The molecule has 348 valence electrons. The number of aryl methyl sites for hydroxylation is 6. The number of fused-ring (bicyclic) bond motifs is 1. The number of halogens is 2. The topological polar surface area (TPSA) is 62.5 Å². The number of hydrogen-bond acceptors (Lipinski definition) is 4. The van der Waals surface area contributed by atoms with E-state index in [0.29, 0.717) is 11.1 Å². The fraction of sp³-hybridized carbons (Fsp3) is 0.108. The van der Waals surface area contributed by atoms with Crippen LogP contribution >= 0.6 is 0 Å². The molecule has 0 spiro atoms. The van der Waals surface area contributed by atoms with Gasteiger partial charge in [0.15, 0.2) is 0 Å². The molecular weight excluding hydrogens is 1070 g/mol. The summed E-state index contributed by atoms with van der Waals surface area (Å²) in [5, 5.41) is 9.28. The molecule has 0 saturated heterocycles. The van der Waals surface area contributed by atoms with Crippen LogP contribution in [0.1, 0.15) is 45.4 Å². The van der Waals surface area contributed by atoms with E-state index in [9.17, 15) is 14.0 Å². The van der Waals surface area contributed by atoms with E-state index in [0.717, 1.165) is 112 Å². The van der Waals surface area contributed by atoms with Crippen molar-refractivity contribution in [2.24, 2.45) is 0 Å². The van der Waals surface area contributed by atoms with Crippen molar-refractivity contribution in [2.75, 3.05) is 0 Å². The van der Waals surface area contributed by atoms with Crippen LogP contribution in [0.3, 0.4) is 0 Å². The molecular formula is C65H45F2IrN4. The van der Waals surface area contributed by atoms with E-state index in [1.165, 1.54) is 45.5 Å². The number of hydrogen-bond donors (Lipinski definition) is 0. The van der Waals surface area contributed by atoms with E-state index in [-0.39, 0.29) is 20.1 Å². The summed E-state index contributed by atoms with van der Waals surface area (Å²) in [6.07, 6.45) is 12.2. The summed E-state index contributed by atoms with van der Waals surface area (Å²) in [7, 11) is 0. The molecule has 0 saturated carbocycles. The van der Waals surface area contributed by atoms with Gasteiger partial charge in [-0.1, -0.05) is 132 Å². The van der Waals surface area contributed by atoms with Gasteiger partial charge in [0.25, 0.3) is 0 Å². The van der Waals surface area contributed by atoms with Crippen LogP contribution in [0.5, 0.6) is 0 Å². The second-order valence-corrected chi connectivity index (χ2v) is 18.1. The Bertz CT molecular complexity index is 3440. The Morgan fingerprint density at radius 1 is 0.444 bits per heavy atom. The third-order valence-electron chi connectivity index (χ3n) is 13.5. The molecule has 11 rings (SSSR count). The largest absolute Gasteiger partial charge is 3.00 e. The first-order chi connectivity index (χ1) is 34.9. The van der Waals surface area contributed by atoms with Gasteiger partial charge >= 0.3 is 20.1 Å². The van der Waals surface area contributed by atoms with E-state index < -0.39 is 17.2 Å². The Morgan fingerprint density at radius 2 is 1.01 bits per heavy atom. The molecule has 4 nitrogen and oxygen atoms in total. The van der Waals surface area contributed by atoms with Crippen molar-refractivity contribution >= 4 is 0 Å². The molecule has 7 aromatic carbocycles. The maximum absolute atomic E-state index is 14.8. The van der Waals surface area contributed by atoms with Crippen LogP contribution in [0.15, 0.2) is 188 Å². The molecule has 1 aliphatic rings. The number of rotatable bonds is 13. The molecule has 0 fully saturated rings. The first kappa shape index (κ1) is 47.7. The Hall–Kier alpha value is -8.01. The van der Waals surface area contributed by atoms with Crippen molar-refractivity contribution in [3.8, 4) is 84.3 Å². The van der Waals surface area contributed by atoms with Gasteiger partial charge in [-0.25, -0.2) is 8.78 Å². The molecule has 1 aliphatic carbocycles. The third-order valence-corrected chi connectivity index (χ3v) is 13.5. The van der Waals surface area contributed by atoms with Crippen molar-refractivity contribution in [3.63, 3.8) is 0 Å². The molecule has 0 unspecified atom stereocenters. The Morgan fingerprint density at radius 3 is 1.60 bits per heavy atom. The summed E-state index contributed by atoms with van der Waals surface area (Å²) in [4.78, 5) is 13.9. The fourth-order valence-corrected chi connectivity index (χ4v) is 9.73. The monoisotopic (exact) mass is 1110 g/mol. The van der Waals surface area contributed by atoms with Crippen molar-refractivity contribution in [1.29, 1.82) is 5.26 Å². The number of benzene rings is 7. The van der Waals surface area contributed by atoms with Gasteiger partial charge in [0.05, 0.1) is 0 Å². The second kappa shape index (κ2) is 21.5. The van der Waals surface area contributed by atoms with Crippen LogP contribution in [-0.2, 0) is 58.6 Å². The first-order valence-electron chi connectivity index (χ1n) is 24.0. The summed E-state index contributed by atoms with van der Waals surface area (Å²) < 4.78 is 29.6. The third kappa shape index (κ3) is 10.4. The van der Waals surface area contributed by atoms with Crippen LogP contribution in [0.25, 0.3) is 78.3 Å². The van der Waals surface area contributed by atoms with Crippen LogP contribution in [0, 0.1) is 41.2 Å². The average Bonchev–Trinajstić information content (AvgIpc) is 3.91. The molecule has 0 bridgehead atoms. The van der Waals surface area contributed by atoms with Gasteiger partial charge in [-0.15, -0.1) is 94.5 Å². The SMILES string of the molecule is N#Cc1c(F)cc(-c2ccc(-c3cc(-c4cc5c(cn4)CCC5)[c-]cc3-c3ccccc3-c3cc(CCc4c[c-]c(-c5ccccn5)cc4)cc(CCc4c[c-]c(-c5ccccn5)cc4)c3)cc2)cc1F.[Ir+3]. The zero-order chi connectivity index (χ0) is 48.1. The van der Waals surface area contributed by atoms with Gasteiger partial charge in [-0.2, -0.15) is 5.26 Å². The number of aromatic nitrogens is 3. The molecule has 3 aromatic heterocycles. The zero-order valence-corrected chi connectivity index (χ0v) is 41.6. The van der Waals surface area contributed by atoms with Crippen molar-refractivity contribution in [1.82, 2.24) is 15.0 Å². The Labute approximate surface area is 433 Å². The Kier molecular flexibility index (Phi) is 14.3. The maximum atomic E-state index is 14.8. The van der Waals surface area contributed by atoms with Gasteiger partial charge in [-0.05, 0) is 118 Å². The molecule has 7 heteroatoms. The van der Waals surface area contributed by atoms with Gasteiger partial charge in [0, 0.05) is 18.6 Å². The zero-order valence-electron chi connectivity index (χ0n) is 39.2. The molecule has 72 heavy (non-hydrogen) atoms. The minimum absolute atomic E-state index is 0. The summed E-state index contributed by atoms with van der Waals surface area (Å²) in [6, 6.07) is 69.0. The molecule has 0 amide bonds. The van der Waals surface area contributed by atoms with Gasteiger partial charge in [0.2, 0.25) is 0 Å². The molecule has 3 heterocycles. The van der Waals surface area contributed by atoms with Crippen molar-refractivity contribution in [2.45, 2.75) is 44.9 Å². The van der Waals surface area contributed by atoms with Crippen LogP contribution in [-0.4, -0.2) is 15.0 Å². The van der Waals surface area contributed by atoms with Crippen molar-refractivity contribution < 1.29 is 28.9 Å². The molecule has 0 radical (unpaired) electrons. The standard InChI is InChI=1S/C65H45F2N4.Ir/c66-61-38-54(39-62(67)60(61)41-68)47-26-28-48(29-27-47)59-37-52(65-40-51-8-7-9-53(51)42-71-65)30-31-58(59)57-11-2-1-10-56(57)55-35-45(16-14-43-18-22-49(23-19-43)63-12-3-5-32-69-63)34-46(36-55)17-15-44-20-24-50(25-21-44)64-13-4-6-33-70-64;/h1-6,10-13,18-22,24,26-29,31-40,42H,7-9,14-17H2;/q-3;+3. The van der Waals surface area contributed by atoms with Crippen molar-refractivity contribution in [3.05, 3.63) is 257 Å². The predicted octanol–water partition coefficient (Wildman–Crippen LogP) is 15.1. The van der Waals surface area contributed by atoms with Crippen LogP contribution in [0.4, 0.5) is 8.78 Å². The Balaban J connectivity index is 0.00000596. The van der Waals surface area contributed by atoms with E-state index in [2.05, 4.69) is 125 Å². The quantitative estimate of drug-likeness (QED) is 0.108. The first-order valence-corrected chi connectivity index (χ1v) is 24.0. The normalized spacial score (nSPS) is 11.7. The van der Waals surface area contributed by atoms with Gasteiger partial charge in [0.1, 0.15) is 23.3 Å². The van der Waals surface area contributed by atoms with Gasteiger partial charge in [-0.3, -0.25) is 0 Å². The van der Waals surface area contributed by atoms with E-state index >= 15 is 0 Å². The molecule has 0 aliphatic heterocycles. The van der Waals surface area contributed by atoms with Crippen LogP contribution in [0.2, 0.25) is 0 Å². The number of nitriles is 1. The fourth-order valence-electron chi connectivity index (χ4n) is 9.73. The summed E-state index contributed by atoms with van der Waals surface area (Å²) in [5.41, 5.74) is 19.6. The van der Waals surface area contributed by atoms with Crippen LogP contribution < -0.4 is 0 Å². The second-order valence-electron chi connectivity index (χ2n) is 18.1. The maximum Gasteiger partial charge on any atom is 3.00 e. The summed E-state index contributed by atoms with van der Waals surface area (Å²) >= 11 is 0. The van der Waals surface area contributed by atoms with E-state index in [1.54, 1.807) is 18.5 Å². The van der Waals surface area contributed by atoms with E-state index in [1.807, 2.05) is 66.9 Å². The van der Waals surface area contributed by atoms with Gasteiger partial charge < -0.3 is 15.0 Å². The summed E-state index contributed by atoms with van der Waals surface area (Å²) in [6.45, 7) is 0. The average molecular weight is 1110 g/mol. The smallest absolute Gasteiger partial charge is 0.305 e. The molecule has 0 N–H and O–H groups in total.